The minimum Gasteiger partial charge on any atom is -0.357 e. The highest BCUT2D eigenvalue weighted by Gasteiger charge is 2.29. The molecule has 0 aromatic carbocycles. The molecular weight excluding hydrogens is 445 g/mol. The average molecular weight is 470 g/mol. The summed E-state index contributed by atoms with van der Waals surface area (Å²) in [6.07, 6.45) is 3.72. The molecule has 0 atom stereocenters. The van der Waals surface area contributed by atoms with Crippen LogP contribution < -0.4 is 5.32 Å². The maximum Gasteiger partial charge on any atom is 0.270 e. The van der Waals surface area contributed by atoms with E-state index in [1.54, 1.807) is 11.3 Å². The van der Waals surface area contributed by atoms with Crippen molar-refractivity contribution in [3.05, 3.63) is 40.0 Å². The molecule has 8 nitrogen and oxygen atoms in total. The fourth-order valence-corrected chi connectivity index (χ4v) is 4.71. The Morgan fingerprint density at radius 3 is 2.73 bits per heavy atom. The summed E-state index contributed by atoms with van der Waals surface area (Å²) in [5.74, 6) is 2.55. The van der Waals surface area contributed by atoms with Gasteiger partial charge in [-0.05, 0) is 25.8 Å². The van der Waals surface area contributed by atoms with Crippen molar-refractivity contribution in [1.82, 2.24) is 34.9 Å². The third-order valence-electron chi connectivity index (χ3n) is 5.63. The summed E-state index contributed by atoms with van der Waals surface area (Å²) in [6, 6.07) is 1.91. The fraction of sp³-hybridized carbons (Fsp3) is 0.474. The van der Waals surface area contributed by atoms with Crippen LogP contribution in [-0.4, -0.2) is 55.2 Å². The summed E-state index contributed by atoms with van der Waals surface area (Å²) >= 11 is 1.62. The SMILES string of the molecule is Cc1nc(-c2c[nH]c(C(=O)N3CCC(c4nnc5n4CCNC5)CC3)c2)cs1.Cl.Cl. The summed E-state index contributed by atoms with van der Waals surface area (Å²) in [5, 5.41) is 15.1. The first-order valence-corrected chi connectivity index (χ1v) is 10.6. The molecule has 2 aliphatic rings. The second kappa shape index (κ2) is 9.47. The van der Waals surface area contributed by atoms with Crippen molar-refractivity contribution >= 4 is 42.1 Å². The van der Waals surface area contributed by atoms with Crippen LogP contribution in [-0.2, 0) is 13.1 Å². The van der Waals surface area contributed by atoms with Gasteiger partial charge in [0.1, 0.15) is 17.3 Å². The van der Waals surface area contributed by atoms with Gasteiger partial charge in [0.05, 0.1) is 17.2 Å². The number of aryl methyl sites for hydroxylation is 1. The number of aromatic nitrogens is 5. The summed E-state index contributed by atoms with van der Waals surface area (Å²) in [6.45, 7) is 6.15. The Labute approximate surface area is 191 Å². The van der Waals surface area contributed by atoms with E-state index in [1.165, 1.54) is 0 Å². The molecule has 162 valence electrons. The molecular formula is C19H25Cl2N7OS. The molecule has 1 fully saturated rings. The van der Waals surface area contributed by atoms with Crippen LogP contribution in [0.3, 0.4) is 0 Å². The third kappa shape index (κ3) is 4.25. The Hall–Kier alpha value is -1.94. The maximum absolute atomic E-state index is 12.9. The molecule has 1 amide bonds. The Morgan fingerprint density at radius 2 is 2.00 bits per heavy atom. The Morgan fingerprint density at radius 1 is 1.20 bits per heavy atom. The van der Waals surface area contributed by atoms with Crippen molar-refractivity contribution in [2.45, 2.75) is 38.8 Å². The van der Waals surface area contributed by atoms with Gasteiger partial charge in [0.25, 0.3) is 5.91 Å². The van der Waals surface area contributed by atoms with Crippen LogP contribution in [0.5, 0.6) is 0 Å². The van der Waals surface area contributed by atoms with E-state index in [9.17, 15) is 4.79 Å². The Kier molecular flexibility index (Phi) is 7.18. The number of aromatic amines is 1. The van der Waals surface area contributed by atoms with E-state index in [0.29, 0.717) is 11.6 Å². The van der Waals surface area contributed by atoms with Crippen LogP contribution in [0.15, 0.2) is 17.6 Å². The van der Waals surface area contributed by atoms with E-state index in [-0.39, 0.29) is 30.7 Å². The first-order chi connectivity index (χ1) is 13.7. The van der Waals surface area contributed by atoms with Gasteiger partial charge in [-0.25, -0.2) is 4.98 Å². The lowest BCUT2D eigenvalue weighted by Gasteiger charge is -2.31. The van der Waals surface area contributed by atoms with Crippen LogP contribution >= 0.6 is 36.2 Å². The predicted molar refractivity (Wildman–Crippen MR) is 121 cm³/mol. The fourth-order valence-electron chi connectivity index (χ4n) is 4.09. The number of halogens is 2. The number of piperidine rings is 1. The van der Waals surface area contributed by atoms with Crippen molar-refractivity contribution in [2.75, 3.05) is 19.6 Å². The third-order valence-corrected chi connectivity index (χ3v) is 6.40. The standard InChI is InChI=1S/C19H23N7OS.2ClH/c1-12-22-16(11-28-12)14-8-15(21-9-14)19(27)25-5-2-13(3-6-25)18-24-23-17-10-20-4-7-26(17)18;;/h8-9,11,13,20-21H,2-7,10H2,1H3;2*1H. The molecule has 0 radical (unpaired) electrons. The molecule has 2 N–H and O–H groups in total. The molecule has 3 aromatic rings. The summed E-state index contributed by atoms with van der Waals surface area (Å²) in [5.41, 5.74) is 2.51. The molecule has 30 heavy (non-hydrogen) atoms. The van der Waals surface area contributed by atoms with Crippen molar-refractivity contribution < 1.29 is 4.79 Å². The molecule has 0 aliphatic carbocycles. The Bertz CT molecular complexity index is 1010. The normalized spacial score (nSPS) is 16.5. The van der Waals surface area contributed by atoms with E-state index in [1.807, 2.05) is 29.5 Å². The first kappa shape index (κ1) is 22.7. The molecule has 0 spiro atoms. The van der Waals surface area contributed by atoms with Crippen molar-refractivity contribution in [1.29, 1.82) is 0 Å². The van der Waals surface area contributed by atoms with Crippen molar-refractivity contribution in [3.63, 3.8) is 0 Å². The number of H-pyrrole nitrogens is 1. The van der Waals surface area contributed by atoms with Crippen LogP contribution in [0.2, 0.25) is 0 Å². The summed E-state index contributed by atoms with van der Waals surface area (Å²) in [7, 11) is 0. The van der Waals surface area contributed by atoms with Gasteiger partial charge in [0, 0.05) is 49.2 Å². The number of amides is 1. The van der Waals surface area contributed by atoms with Gasteiger partial charge < -0.3 is 19.8 Å². The molecule has 5 rings (SSSR count). The number of fused-ring (bicyclic) bond motifs is 1. The van der Waals surface area contributed by atoms with Crippen LogP contribution in [0, 0.1) is 6.92 Å². The molecule has 0 saturated carbocycles. The number of rotatable bonds is 3. The summed E-state index contributed by atoms with van der Waals surface area (Å²) < 4.78 is 2.26. The molecule has 11 heteroatoms. The number of thiazole rings is 1. The van der Waals surface area contributed by atoms with Gasteiger partial charge in [-0.15, -0.1) is 46.3 Å². The van der Waals surface area contributed by atoms with Gasteiger partial charge in [-0.1, -0.05) is 0 Å². The van der Waals surface area contributed by atoms with E-state index >= 15 is 0 Å². The molecule has 5 heterocycles. The van der Waals surface area contributed by atoms with E-state index in [4.69, 9.17) is 0 Å². The Balaban J connectivity index is 0.00000128. The monoisotopic (exact) mass is 469 g/mol. The van der Waals surface area contributed by atoms with Gasteiger partial charge in [-0.3, -0.25) is 4.79 Å². The van der Waals surface area contributed by atoms with Gasteiger partial charge in [0.15, 0.2) is 0 Å². The minimum atomic E-state index is 0. The van der Waals surface area contributed by atoms with Gasteiger partial charge in [0.2, 0.25) is 0 Å². The number of nitrogens with zero attached hydrogens (tertiary/aromatic N) is 5. The minimum absolute atomic E-state index is 0. The largest absolute Gasteiger partial charge is 0.357 e. The van der Waals surface area contributed by atoms with Crippen LogP contribution in [0.25, 0.3) is 11.3 Å². The zero-order valence-corrected chi connectivity index (χ0v) is 19.1. The maximum atomic E-state index is 12.9. The molecule has 2 aliphatic heterocycles. The lowest BCUT2D eigenvalue weighted by Crippen LogP contribution is -2.39. The average Bonchev–Trinajstić information content (AvgIpc) is 3.46. The van der Waals surface area contributed by atoms with Gasteiger partial charge >= 0.3 is 0 Å². The highest BCUT2D eigenvalue weighted by Crippen LogP contribution is 2.29. The quantitative estimate of drug-likeness (QED) is 0.614. The second-order valence-electron chi connectivity index (χ2n) is 7.42. The van der Waals surface area contributed by atoms with E-state index in [2.05, 4.69) is 30.0 Å². The van der Waals surface area contributed by atoms with Crippen LogP contribution in [0.1, 0.15) is 45.9 Å². The topological polar surface area (TPSA) is 91.7 Å². The predicted octanol–water partition coefficient (Wildman–Crippen LogP) is 3.00. The smallest absolute Gasteiger partial charge is 0.270 e. The van der Waals surface area contributed by atoms with Gasteiger partial charge in [-0.2, -0.15) is 0 Å². The van der Waals surface area contributed by atoms with E-state index in [0.717, 1.165) is 73.5 Å². The molecule has 0 bridgehead atoms. The lowest BCUT2D eigenvalue weighted by molar-refractivity contribution is 0.0705. The molecule has 3 aromatic heterocycles. The second-order valence-corrected chi connectivity index (χ2v) is 8.49. The number of hydrogen-bond donors (Lipinski definition) is 2. The number of likely N-dealkylation sites (tertiary alicyclic amines) is 1. The number of carbonyl (C=O) groups excluding carboxylic acids is 1. The number of hydrogen-bond acceptors (Lipinski definition) is 6. The number of carbonyl (C=O) groups is 1. The zero-order valence-electron chi connectivity index (χ0n) is 16.6. The lowest BCUT2D eigenvalue weighted by atomic mass is 9.95. The highest BCUT2D eigenvalue weighted by atomic mass is 35.5. The summed E-state index contributed by atoms with van der Waals surface area (Å²) in [4.78, 5) is 22.5. The zero-order chi connectivity index (χ0) is 19.1. The van der Waals surface area contributed by atoms with Crippen LogP contribution in [0.4, 0.5) is 0 Å². The van der Waals surface area contributed by atoms with E-state index < -0.39 is 0 Å². The molecule has 1 saturated heterocycles. The highest BCUT2D eigenvalue weighted by molar-refractivity contribution is 7.09. The first-order valence-electron chi connectivity index (χ1n) is 9.72. The van der Waals surface area contributed by atoms with Crippen molar-refractivity contribution in [3.8, 4) is 11.3 Å². The van der Waals surface area contributed by atoms with Crippen molar-refractivity contribution in [2.24, 2.45) is 0 Å². The number of nitrogens with one attached hydrogen (secondary N) is 2. The molecule has 0 unspecified atom stereocenters.